The molecule has 0 aliphatic carbocycles. The number of anilines is 1. The minimum absolute atomic E-state index is 0.0901. The average Bonchev–Trinajstić information content (AvgIpc) is 2.82. The van der Waals surface area contributed by atoms with Crippen LogP contribution in [0.4, 0.5) is 10.1 Å². The van der Waals surface area contributed by atoms with Crippen molar-refractivity contribution < 1.29 is 33.0 Å². The second kappa shape index (κ2) is 9.58. The quantitative estimate of drug-likeness (QED) is 0.711. The Morgan fingerprint density at radius 1 is 1.21 bits per heavy atom. The standard InChI is InChI=1S/C24H25FN2O6/c1-27-19-9-8-15(12-22(28)31-2)33-21(19)13-32-20-10-7-14(11-17(20)24(27)30)26-23(29)16-5-3-4-6-18(16)25/h3-7,10-11,15,19,21H,8-9,12-13H2,1-2H3,(H,26,29)/t15-,19+,21-/m0/s1. The van der Waals surface area contributed by atoms with Crippen LogP contribution in [0.3, 0.4) is 0 Å². The van der Waals surface area contributed by atoms with E-state index in [4.69, 9.17) is 14.2 Å². The molecule has 9 heteroatoms. The third kappa shape index (κ3) is 4.83. The minimum Gasteiger partial charge on any atom is -0.490 e. The van der Waals surface area contributed by atoms with Gasteiger partial charge in [-0.3, -0.25) is 14.4 Å². The molecule has 2 aromatic rings. The third-order valence-corrected chi connectivity index (χ3v) is 6.01. The average molecular weight is 456 g/mol. The first-order chi connectivity index (χ1) is 15.9. The molecule has 2 aliphatic rings. The van der Waals surface area contributed by atoms with Crippen molar-refractivity contribution in [2.24, 2.45) is 0 Å². The maximum Gasteiger partial charge on any atom is 0.308 e. The van der Waals surface area contributed by atoms with Crippen molar-refractivity contribution in [2.75, 3.05) is 26.1 Å². The zero-order valence-electron chi connectivity index (χ0n) is 18.4. The monoisotopic (exact) mass is 456 g/mol. The van der Waals surface area contributed by atoms with Gasteiger partial charge in [-0.05, 0) is 43.2 Å². The van der Waals surface area contributed by atoms with Crippen molar-refractivity contribution in [3.63, 3.8) is 0 Å². The van der Waals surface area contributed by atoms with Gasteiger partial charge in [-0.15, -0.1) is 0 Å². The molecule has 2 aromatic carbocycles. The van der Waals surface area contributed by atoms with Gasteiger partial charge in [0.25, 0.3) is 11.8 Å². The van der Waals surface area contributed by atoms with E-state index in [9.17, 15) is 18.8 Å². The molecule has 0 unspecified atom stereocenters. The number of amides is 2. The number of fused-ring (bicyclic) bond motifs is 2. The third-order valence-electron chi connectivity index (χ3n) is 6.01. The lowest BCUT2D eigenvalue weighted by Gasteiger charge is -2.42. The lowest BCUT2D eigenvalue weighted by Crippen LogP contribution is -2.53. The molecule has 0 spiro atoms. The molecule has 0 radical (unpaired) electrons. The van der Waals surface area contributed by atoms with Crippen LogP contribution < -0.4 is 10.1 Å². The van der Waals surface area contributed by atoms with E-state index >= 15 is 0 Å². The normalized spacial score (nSPS) is 22.2. The Kier molecular flexibility index (Phi) is 6.60. The first-order valence-corrected chi connectivity index (χ1v) is 10.7. The highest BCUT2D eigenvalue weighted by Gasteiger charge is 2.39. The van der Waals surface area contributed by atoms with Crippen molar-refractivity contribution in [3.05, 3.63) is 59.4 Å². The topological polar surface area (TPSA) is 94.2 Å². The first-order valence-electron chi connectivity index (χ1n) is 10.7. The van der Waals surface area contributed by atoms with E-state index in [0.717, 1.165) is 0 Å². The van der Waals surface area contributed by atoms with Crippen LogP contribution in [0.5, 0.6) is 5.75 Å². The molecule has 4 rings (SSSR count). The maximum atomic E-state index is 13.9. The highest BCUT2D eigenvalue weighted by atomic mass is 19.1. The molecule has 1 N–H and O–H groups in total. The molecule has 2 heterocycles. The Labute approximate surface area is 190 Å². The van der Waals surface area contributed by atoms with Crippen LogP contribution >= 0.6 is 0 Å². The van der Waals surface area contributed by atoms with Crippen LogP contribution in [0.2, 0.25) is 0 Å². The summed E-state index contributed by atoms with van der Waals surface area (Å²) in [5.74, 6) is -1.51. The number of nitrogens with zero attached hydrogens (tertiary/aromatic N) is 1. The van der Waals surface area contributed by atoms with Gasteiger partial charge >= 0.3 is 5.97 Å². The van der Waals surface area contributed by atoms with E-state index in [1.807, 2.05) is 0 Å². The summed E-state index contributed by atoms with van der Waals surface area (Å²) >= 11 is 0. The number of hydrogen-bond donors (Lipinski definition) is 1. The van der Waals surface area contributed by atoms with E-state index in [0.29, 0.717) is 29.8 Å². The van der Waals surface area contributed by atoms with Gasteiger partial charge in [0.15, 0.2) is 0 Å². The molecular formula is C24H25FN2O6. The van der Waals surface area contributed by atoms with Gasteiger partial charge in [0.2, 0.25) is 0 Å². The second-order valence-electron chi connectivity index (χ2n) is 8.09. The number of carbonyl (C=O) groups excluding carboxylic acids is 3. The van der Waals surface area contributed by atoms with Crippen LogP contribution in [0.15, 0.2) is 42.5 Å². The van der Waals surface area contributed by atoms with E-state index in [2.05, 4.69) is 5.32 Å². The van der Waals surface area contributed by atoms with Crippen LogP contribution in [0, 0.1) is 5.82 Å². The van der Waals surface area contributed by atoms with E-state index in [1.165, 1.54) is 31.4 Å². The van der Waals surface area contributed by atoms with Crippen molar-refractivity contribution in [1.29, 1.82) is 0 Å². The first kappa shape index (κ1) is 22.7. The van der Waals surface area contributed by atoms with Crippen LogP contribution in [-0.2, 0) is 14.3 Å². The van der Waals surface area contributed by atoms with Crippen LogP contribution in [0.25, 0.3) is 0 Å². The van der Waals surface area contributed by atoms with Gasteiger partial charge in [0.1, 0.15) is 24.3 Å². The highest BCUT2D eigenvalue weighted by Crippen LogP contribution is 2.32. The van der Waals surface area contributed by atoms with Gasteiger partial charge in [0.05, 0.1) is 36.8 Å². The van der Waals surface area contributed by atoms with Crippen molar-refractivity contribution in [1.82, 2.24) is 4.90 Å². The predicted octanol–water partition coefficient (Wildman–Crippen LogP) is 3.02. The SMILES string of the molecule is COC(=O)C[C@@H]1CC[C@@H]2[C@H](COc3ccc(NC(=O)c4ccccc4F)cc3C(=O)N2C)O1. The number of esters is 1. The molecule has 1 saturated heterocycles. The fourth-order valence-electron chi connectivity index (χ4n) is 4.22. The molecule has 8 nitrogen and oxygen atoms in total. The lowest BCUT2D eigenvalue weighted by molar-refractivity contribution is -0.151. The Morgan fingerprint density at radius 2 is 2.00 bits per heavy atom. The molecule has 2 aliphatic heterocycles. The molecule has 33 heavy (non-hydrogen) atoms. The molecule has 3 atom stereocenters. The maximum absolute atomic E-state index is 13.9. The second-order valence-corrected chi connectivity index (χ2v) is 8.09. The van der Waals surface area contributed by atoms with Crippen molar-refractivity contribution in [3.8, 4) is 5.75 Å². The summed E-state index contributed by atoms with van der Waals surface area (Å²) in [5, 5.41) is 2.63. The van der Waals surface area contributed by atoms with Gasteiger partial charge in [-0.2, -0.15) is 0 Å². The smallest absolute Gasteiger partial charge is 0.308 e. The van der Waals surface area contributed by atoms with Crippen LogP contribution in [0.1, 0.15) is 40.0 Å². The van der Waals surface area contributed by atoms with Gasteiger partial charge < -0.3 is 24.4 Å². The summed E-state index contributed by atoms with van der Waals surface area (Å²) in [6.07, 6.45) is 0.728. The zero-order valence-corrected chi connectivity index (χ0v) is 18.4. The minimum atomic E-state index is -0.630. The van der Waals surface area contributed by atoms with E-state index in [1.54, 1.807) is 30.1 Å². The number of ether oxygens (including phenoxy) is 3. The Bertz CT molecular complexity index is 1070. The fraction of sp³-hybridized carbons (Fsp3) is 0.375. The zero-order chi connectivity index (χ0) is 23.5. The Morgan fingerprint density at radius 3 is 2.76 bits per heavy atom. The summed E-state index contributed by atoms with van der Waals surface area (Å²) in [6.45, 7) is 0.202. The number of likely N-dealkylation sites (N-methyl/N-ethyl adjacent to an activating group) is 1. The molecule has 0 aromatic heterocycles. The summed E-state index contributed by atoms with van der Waals surface area (Å²) in [7, 11) is 3.03. The number of benzene rings is 2. The fourth-order valence-corrected chi connectivity index (χ4v) is 4.22. The van der Waals surface area contributed by atoms with Crippen LogP contribution in [-0.4, -0.2) is 61.7 Å². The number of rotatable bonds is 4. The summed E-state index contributed by atoms with van der Waals surface area (Å²) in [4.78, 5) is 38.9. The van der Waals surface area contributed by atoms with Crippen molar-refractivity contribution in [2.45, 2.75) is 37.5 Å². The largest absolute Gasteiger partial charge is 0.490 e. The molecular weight excluding hydrogens is 431 g/mol. The van der Waals surface area contributed by atoms with E-state index < -0.39 is 17.8 Å². The number of methoxy groups -OCH3 is 1. The Balaban J connectivity index is 1.52. The highest BCUT2D eigenvalue weighted by molar-refractivity contribution is 6.05. The van der Waals surface area contributed by atoms with Gasteiger partial charge in [-0.1, -0.05) is 12.1 Å². The Hall–Kier alpha value is -3.46. The van der Waals surface area contributed by atoms with Crippen molar-refractivity contribution >= 4 is 23.5 Å². The van der Waals surface area contributed by atoms with Gasteiger partial charge in [-0.25, -0.2) is 4.39 Å². The molecule has 0 bridgehead atoms. The number of carbonyl (C=O) groups is 3. The molecule has 1 fully saturated rings. The number of nitrogens with one attached hydrogen (secondary N) is 1. The lowest BCUT2D eigenvalue weighted by atomic mass is 9.94. The number of hydrogen-bond acceptors (Lipinski definition) is 6. The number of halogens is 1. The van der Waals surface area contributed by atoms with Gasteiger partial charge in [0, 0.05) is 12.7 Å². The predicted molar refractivity (Wildman–Crippen MR) is 117 cm³/mol. The summed E-state index contributed by atoms with van der Waals surface area (Å²) in [5.41, 5.74) is 0.550. The molecule has 2 amide bonds. The summed E-state index contributed by atoms with van der Waals surface area (Å²) in [6, 6.07) is 10.1. The summed E-state index contributed by atoms with van der Waals surface area (Å²) < 4.78 is 30.6. The van der Waals surface area contributed by atoms with E-state index in [-0.39, 0.29) is 42.6 Å². The molecule has 174 valence electrons. The molecule has 0 saturated carbocycles.